The molecule has 124 valence electrons. The minimum absolute atomic E-state index is 0.00269. The Bertz CT molecular complexity index is 723. The van der Waals surface area contributed by atoms with E-state index in [1.807, 2.05) is 24.3 Å². The molecule has 2 bridgehead atoms. The van der Waals surface area contributed by atoms with Crippen molar-refractivity contribution in [1.82, 2.24) is 4.90 Å². The van der Waals surface area contributed by atoms with Crippen molar-refractivity contribution < 1.29 is 14.3 Å². The Morgan fingerprint density at radius 2 is 1.71 bits per heavy atom. The second-order valence-electron chi connectivity index (χ2n) is 7.29. The molecule has 1 saturated heterocycles. The number of likely N-dealkylation sites (tertiary alicyclic amines) is 1. The van der Waals surface area contributed by atoms with Crippen molar-refractivity contribution in [3.8, 4) is 5.75 Å². The number of rotatable bonds is 4. The van der Waals surface area contributed by atoms with E-state index in [2.05, 4.69) is 17.5 Å². The van der Waals surface area contributed by atoms with E-state index in [4.69, 9.17) is 4.74 Å². The van der Waals surface area contributed by atoms with Gasteiger partial charge >= 0.3 is 0 Å². The van der Waals surface area contributed by atoms with Gasteiger partial charge in [0.1, 0.15) is 5.75 Å². The van der Waals surface area contributed by atoms with Crippen molar-refractivity contribution in [2.45, 2.75) is 6.42 Å². The average Bonchev–Trinajstić information content (AvgIpc) is 3.39. The van der Waals surface area contributed by atoms with Crippen LogP contribution in [0.4, 0.5) is 5.69 Å². The quantitative estimate of drug-likeness (QED) is 0.681. The Labute approximate surface area is 140 Å². The van der Waals surface area contributed by atoms with Crippen LogP contribution in [0.25, 0.3) is 0 Å². The molecule has 0 unspecified atom stereocenters. The number of imide groups is 1. The summed E-state index contributed by atoms with van der Waals surface area (Å²) in [6.45, 7) is 0.208. The molecule has 6 rings (SSSR count). The zero-order valence-corrected chi connectivity index (χ0v) is 13.5. The molecule has 5 nitrogen and oxygen atoms in total. The maximum absolute atomic E-state index is 12.9. The van der Waals surface area contributed by atoms with Gasteiger partial charge in [0.25, 0.3) is 0 Å². The summed E-state index contributed by atoms with van der Waals surface area (Å²) in [5.41, 5.74) is 0.791. The third kappa shape index (κ3) is 1.75. The number of nitrogens with one attached hydrogen (secondary N) is 1. The number of benzene rings is 1. The van der Waals surface area contributed by atoms with Crippen molar-refractivity contribution in [3.63, 3.8) is 0 Å². The van der Waals surface area contributed by atoms with Gasteiger partial charge in [-0.3, -0.25) is 14.5 Å². The smallest absolute Gasteiger partial charge is 0.235 e. The van der Waals surface area contributed by atoms with Crippen LogP contribution in [0.3, 0.4) is 0 Å². The lowest BCUT2D eigenvalue weighted by Gasteiger charge is -2.37. The standard InChI is InChI=1S/C19H20N2O3/c1-24-15-5-3-2-4-14(15)20-9-21-18(22)16-10-6-7-11(13-8-12(10)13)17(16)19(21)23/h2-7,10-13,16-17,20H,8-9H2,1H3/t10-,11+,12-,13-,16+,17+/m1/s1. The number of nitrogens with zero attached hydrogens (tertiary/aromatic N) is 1. The number of carbonyl (C=O) groups is 2. The molecule has 6 atom stereocenters. The van der Waals surface area contributed by atoms with E-state index < -0.39 is 0 Å². The van der Waals surface area contributed by atoms with Gasteiger partial charge in [0.05, 0.1) is 31.3 Å². The third-order valence-corrected chi connectivity index (χ3v) is 6.29. The highest BCUT2D eigenvalue weighted by molar-refractivity contribution is 6.06. The van der Waals surface area contributed by atoms with Gasteiger partial charge in [-0.1, -0.05) is 24.3 Å². The highest BCUT2D eigenvalue weighted by atomic mass is 16.5. The van der Waals surface area contributed by atoms with Crippen LogP contribution in [0.15, 0.2) is 36.4 Å². The third-order valence-electron chi connectivity index (χ3n) is 6.29. The number of para-hydroxylation sites is 2. The number of hydrogen-bond donors (Lipinski definition) is 1. The van der Waals surface area contributed by atoms with E-state index in [1.165, 1.54) is 11.3 Å². The molecule has 5 heteroatoms. The van der Waals surface area contributed by atoms with Crippen LogP contribution in [0.5, 0.6) is 5.75 Å². The highest BCUT2D eigenvalue weighted by Gasteiger charge is 2.66. The molecular formula is C19H20N2O3. The molecule has 4 aliphatic carbocycles. The monoisotopic (exact) mass is 324 g/mol. The van der Waals surface area contributed by atoms with Gasteiger partial charge in [-0.25, -0.2) is 0 Å². The lowest BCUT2D eigenvalue weighted by molar-refractivity contribution is -0.139. The van der Waals surface area contributed by atoms with Gasteiger partial charge in [-0.2, -0.15) is 0 Å². The topological polar surface area (TPSA) is 58.6 Å². The summed E-state index contributed by atoms with van der Waals surface area (Å²) in [6.07, 6.45) is 5.58. The van der Waals surface area contributed by atoms with E-state index in [0.717, 1.165) is 5.69 Å². The first-order valence-electron chi connectivity index (χ1n) is 8.61. The largest absolute Gasteiger partial charge is 0.495 e. The second kappa shape index (κ2) is 4.85. The number of allylic oxidation sites excluding steroid dienone is 2. The van der Waals surface area contributed by atoms with Gasteiger partial charge in [-0.05, 0) is 42.2 Å². The average molecular weight is 324 g/mol. The van der Waals surface area contributed by atoms with Crippen LogP contribution < -0.4 is 10.1 Å². The summed E-state index contributed by atoms with van der Waals surface area (Å²) in [6, 6.07) is 7.53. The van der Waals surface area contributed by atoms with Crippen molar-refractivity contribution in [1.29, 1.82) is 0 Å². The predicted molar refractivity (Wildman–Crippen MR) is 88.0 cm³/mol. The van der Waals surface area contributed by atoms with E-state index in [0.29, 0.717) is 17.6 Å². The maximum atomic E-state index is 12.9. The van der Waals surface area contributed by atoms with Crippen LogP contribution in [0.1, 0.15) is 6.42 Å². The summed E-state index contributed by atoms with van der Waals surface area (Å²) in [5, 5.41) is 3.19. The van der Waals surface area contributed by atoms with E-state index in [1.54, 1.807) is 7.11 Å². The maximum Gasteiger partial charge on any atom is 0.235 e. The van der Waals surface area contributed by atoms with Crippen LogP contribution in [-0.2, 0) is 9.59 Å². The lowest BCUT2D eigenvalue weighted by atomic mass is 9.63. The molecular weight excluding hydrogens is 304 g/mol. The fraction of sp³-hybridized carbons (Fsp3) is 0.474. The Kier molecular flexibility index (Phi) is 2.84. The lowest BCUT2D eigenvalue weighted by Crippen LogP contribution is -2.40. The molecule has 0 spiro atoms. The van der Waals surface area contributed by atoms with Crippen LogP contribution in [0.2, 0.25) is 0 Å². The van der Waals surface area contributed by atoms with Crippen LogP contribution in [0, 0.1) is 35.5 Å². The molecule has 0 radical (unpaired) electrons. The zero-order chi connectivity index (χ0) is 16.4. The molecule has 1 N–H and O–H groups in total. The van der Waals surface area contributed by atoms with Crippen molar-refractivity contribution in [2.75, 3.05) is 19.1 Å². The normalized spacial score (nSPS) is 38.1. The molecule has 5 aliphatic rings. The number of carbonyl (C=O) groups excluding carboxylic acids is 2. The molecule has 1 aromatic carbocycles. The number of methoxy groups -OCH3 is 1. The predicted octanol–water partition coefficient (Wildman–Crippen LogP) is 2.12. The van der Waals surface area contributed by atoms with Gasteiger partial charge in [0, 0.05) is 0 Å². The molecule has 2 amide bonds. The summed E-state index contributed by atoms with van der Waals surface area (Å²) in [4.78, 5) is 27.2. The molecule has 24 heavy (non-hydrogen) atoms. The summed E-state index contributed by atoms with van der Waals surface area (Å²) >= 11 is 0. The first kappa shape index (κ1) is 14.1. The van der Waals surface area contributed by atoms with Crippen molar-refractivity contribution in [3.05, 3.63) is 36.4 Å². The summed E-state index contributed by atoms with van der Waals surface area (Å²) in [5.74, 6) is 2.27. The molecule has 0 aromatic heterocycles. The molecule has 3 fully saturated rings. The number of anilines is 1. The molecule has 2 saturated carbocycles. The highest BCUT2D eigenvalue weighted by Crippen LogP contribution is 2.65. The van der Waals surface area contributed by atoms with Crippen molar-refractivity contribution in [2.24, 2.45) is 35.5 Å². The van der Waals surface area contributed by atoms with Crippen molar-refractivity contribution >= 4 is 17.5 Å². The zero-order valence-electron chi connectivity index (χ0n) is 13.5. The fourth-order valence-corrected chi connectivity index (χ4v) is 5.13. The summed E-state index contributed by atoms with van der Waals surface area (Å²) < 4.78 is 5.31. The van der Waals surface area contributed by atoms with E-state index >= 15 is 0 Å². The van der Waals surface area contributed by atoms with Gasteiger partial charge in [0.2, 0.25) is 11.8 Å². The Balaban J connectivity index is 1.37. The summed E-state index contributed by atoms with van der Waals surface area (Å²) in [7, 11) is 1.61. The number of ether oxygens (including phenoxy) is 1. The SMILES string of the molecule is COc1ccccc1NCN1C(=O)[C@H]2[C@@H]3C=C[C@@H]([C@H]4C[C@H]34)[C@@H]2C1=O. The molecule has 1 heterocycles. The number of hydrogen-bond acceptors (Lipinski definition) is 4. The second-order valence-corrected chi connectivity index (χ2v) is 7.29. The van der Waals surface area contributed by atoms with E-state index in [9.17, 15) is 9.59 Å². The fourth-order valence-electron chi connectivity index (χ4n) is 5.13. The Morgan fingerprint density at radius 3 is 2.33 bits per heavy atom. The Hall–Kier alpha value is -2.30. The van der Waals surface area contributed by atoms with Crippen LogP contribution in [-0.4, -0.2) is 30.5 Å². The van der Waals surface area contributed by atoms with Gasteiger partial charge in [-0.15, -0.1) is 0 Å². The number of amides is 2. The first-order chi connectivity index (χ1) is 11.7. The van der Waals surface area contributed by atoms with Gasteiger partial charge in [0.15, 0.2) is 0 Å². The first-order valence-corrected chi connectivity index (χ1v) is 8.61. The molecule has 1 aromatic rings. The molecule has 1 aliphatic heterocycles. The Morgan fingerprint density at radius 1 is 1.08 bits per heavy atom. The van der Waals surface area contributed by atoms with Crippen LogP contribution >= 0.6 is 0 Å². The minimum Gasteiger partial charge on any atom is -0.495 e. The van der Waals surface area contributed by atoms with E-state index in [-0.39, 0.29) is 42.2 Å². The van der Waals surface area contributed by atoms with Gasteiger partial charge < -0.3 is 10.1 Å². The minimum atomic E-state index is -0.129.